The van der Waals surface area contributed by atoms with Crippen molar-refractivity contribution in [1.82, 2.24) is 10.6 Å². The molecule has 0 aromatic rings. The first-order valence-corrected chi connectivity index (χ1v) is 6.09. The maximum atomic E-state index is 11.2. The molecular weight excluding hydrogens is 220 g/mol. The minimum Gasteiger partial charge on any atom is -0.465 e. The van der Waals surface area contributed by atoms with E-state index in [0.717, 1.165) is 0 Å². The molecule has 0 spiro atoms. The van der Waals surface area contributed by atoms with Gasteiger partial charge < -0.3 is 15.4 Å². The second-order valence-corrected chi connectivity index (χ2v) is 4.04. The van der Waals surface area contributed by atoms with E-state index in [-0.39, 0.29) is 12.6 Å². The summed E-state index contributed by atoms with van der Waals surface area (Å²) in [4.78, 5) is 22.2. The Labute approximate surface area is 102 Å². The lowest BCUT2D eigenvalue weighted by atomic mass is 10.1. The molecule has 0 heterocycles. The van der Waals surface area contributed by atoms with Gasteiger partial charge in [0.25, 0.3) is 0 Å². The van der Waals surface area contributed by atoms with E-state index in [1.54, 1.807) is 13.1 Å². The van der Waals surface area contributed by atoms with Gasteiger partial charge >= 0.3 is 12.0 Å². The maximum Gasteiger partial charge on any atom is 0.325 e. The van der Waals surface area contributed by atoms with Crippen molar-refractivity contribution in [3.05, 3.63) is 12.3 Å². The Morgan fingerprint density at radius 2 is 2.06 bits per heavy atom. The number of amides is 2. The number of hydrogen-bond donors (Lipinski definition) is 2. The lowest BCUT2D eigenvalue weighted by molar-refractivity contribution is -0.141. The fraction of sp³-hybridized carbons (Fsp3) is 0.667. The Balaban J connectivity index is 2.10. The molecule has 0 radical (unpaired) electrons. The fourth-order valence-corrected chi connectivity index (χ4v) is 1.83. The molecule has 96 valence electrons. The smallest absolute Gasteiger partial charge is 0.325 e. The molecule has 1 rings (SSSR count). The summed E-state index contributed by atoms with van der Waals surface area (Å²) in [7, 11) is 0. The molecule has 5 nitrogen and oxygen atoms in total. The van der Waals surface area contributed by atoms with Crippen LogP contribution >= 0.6 is 0 Å². The number of carbonyl (C=O) groups excluding carboxylic acids is 2. The molecule has 0 unspecified atom stereocenters. The fourth-order valence-electron chi connectivity index (χ4n) is 1.83. The first-order chi connectivity index (χ1) is 8.22. The van der Waals surface area contributed by atoms with E-state index in [9.17, 15) is 9.59 Å². The third-order valence-electron chi connectivity index (χ3n) is 2.68. The summed E-state index contributed by atoms with van der Waals surface area (Å²) in [5.74, 6) is 0.155. The van der Waals surface area contributed by atoms with Crippen LogP contribution in [0.2, 0.25) is 0 Å². The third kappa shape index (κ3) is 5.94. The first kappa shape index (κ1) is 13.5. The van der Waals surface area contributed by atoms with Gasteiger partial charge in [-0.3, -0.25) is 4.79 Å². The van der Waals surface area contributed by atoms with E-state index in [2.05, 4.69) is 15.4 Å². The molecular formula is C12H20N2O3. The predicted octanol–water partition coefficient (Wildman–Crippen LogP) is 1.55. The summed E-state index contributed by atoms with van der Waals surface area (Å²) in [6.07, 6.45) is 8.59. The minimum atomic E-state index is -0.428. The summed E-state index contributed by atoms with van der Waals surface area (Å²) in [5, 5.41) is 4.99. The zero-order valence-corrected chi connectivity index (χ0v) is 10.2. The van der Waals surface area contributed by atoms with Gasteiger partial charge in [0.2, 0.25) is 0 Å². The average molecular weight is 240 g/mol. The number of urea groups is 1. The zero-order valence-electron chi connectivity index (χ0n) is 10.2. The maximum absolute atomic E-state index is 11.2. The molecule has 2 N–H and O–H groups in total. The van der Waals surface area contributed by atoms with Crippen molar-refractivity contribution in [3.8, 4) is 0 Å². The van der Waals surface area contributed by atoms with Crippen LogP contribution in [0.5, 0.6) is 0 Å². The van der Waals surface area contributed by atoms with E-state index in [1.807, 2.05) is 6.08 Å². The number of nitrogens with one attached hydrogen (secondary N) is 2. The van der Waals surface area contributed by atoms with Gasteiger partial charge in [-0.25, -0.2) is 4.79 Å². The Kier molecular flexibility index (Phi) is 6.14. The highest BCUT2D eigenvalue weighted by molar-refractivity contribution is 5.81. The predicted molar refractivity (Wildman–Crippen MR) is 64.3 cm³/mol. The molecule has 1 saturated carbocycles. The number of esters is 1. The molecule has 1 aliphatic rings. The molecule has 5 heteroatoms. The molecule has 1 fully saturated rings. The molecule has 0 bridgehead atoms. The lowest BCUT2D eigenvalue weighted by Crippen LogP contribution is -2.36. The van der Waals surface area contributed by atoms with Gasteiger partial charge in [-0.2, -0.15) is 0 Å². The van der Waals surface area contributed by atoms with E-state index in [0.29, 0.717) is 12.5 Å². The van der Waals surface area contributed by atoms with Crippen LogP contribution in [0.1, 0.15) is 32.6 Å². The van der Waals surface area contributed by atoms with Gasteiger partial charge in [-0.15, -0.1) is 0 Å². The second kappa shape index (κ2) is 7.70. The minimum absolute atomic E-state index is 0.100. The molecule has 0 saturated heterocycles. The monoisotopic (exact) mass is 240 g/mol. The van der Waals surface area contributed by atoms with Crippen molar-refractivity contribution in [1.29, 1.82) is 0 Å². The van der Waals surface area contributed by atoms with Crippen LogP contribution in [-0.2, 0) is 9.53 Å². The number of carbonyl (C=O) groups is 2. The van der Waals surface area contributed by atoms with Crippen LogP contribution in [-0.4, -0.2) is 25.2 Å². The molecule has 1 aliphatic carbocycles. The third-order valence-corrected chi connectivity index (χ3v) is 2.68. The molecule has 2 amide bonds. The van der Waals surface area contributed by atoms with Gasteiger partial charge in [-0.1, -0.05) is 18.9 Å². The Morgan fingerprint density at radius 3 is 2.71 bits per heavy atom. The molecule has 0 atom stereocenters. The molecule has 0 aromatic carbocycles. The summed E-state index contributed by atoms with van der Waals surface area (Å²) < 4.78 is 4.68. The lowest BCUT2D eigenvalue weighted by Gasteiger charge is -2.05. The number of allylic oxidation sites excluding steroid dienone is 1. The van der Waals surface area contributed by atoms with E-state index in [1.165, 1.54) is 25.7 Å². The highest BCUT2D eigenvalue weighted by Crippen LogP contribution is 2.25. The van der Waals surface area contributed by atoms with Crippen molar-refractivity contribution in [3.63, 3.8) is 0 Å². The Morgan fingerprint density at radius 1 is 1.35 bits per heavy atom. The molecule has 17 heavy (non-hydrogen) atoms. The van der Waals surface area contributed by atoms with Gasteiger partial charge in [0.05, 0.1) is 6.61 Å². The number of rotatable bonds is 5. The van der Waals surface area contributed by atoms with Crippen LogP contribution < -0.4 is 10.6 Å². The molecule has 0 aliphatic heterocycles. The molecule has 0 aromatic heterocycles. The summed E-state index contributed by atoms with van der Waals surface area (Å²) in [6, 6.07) is -0.382. The van der Waals surface area contributed by atoms with Crippen molar-refractivity contribution in [2.75, 3.05) is 13.2 Å². The summed E-state index contributed by atoms with van der Waals surface area (Å²) in [5.41, 5.74) is 0. The summed E-state index contributed by atoms with van der Waals surface area (Å²) in [6.45, 7) is 1.95. The van der Waals surface area contributed by atoms with Crippen LogP contribution in [0.4, 0.5) is 4.79 Å². The number of hydrogen-bond acceptors (Lipinski definition) is 3. The second-order valence-electron chi connectivity index (χ2n) is 4.04. The van der Waals surface area contributed by atoms with Crippen molar-refractivity contribution < 1.29 is 14.3 Å². The van der Waals surface area contributed by atoms with E-state index < -0.39 is 5.97 Å². The zero-order chi connectivity index (χ0) is 12.5. The Hall–Kier alpha value is -1.52. The number of ether oxygens (including phenoxy) is 1. The van der Waals surface area contributed by atoms with E-state index in [4.69, 9.17) is 0 Å². The van der Waals surface area contributed by atoms with Crippen LogP contribution in [0.3, 0.4) is 0 Å². The highest BCUT2D eigenvalue weighted by Gasteiger charge is 2.11. The van der Waals surface area contributed by atoms with Gasteiger partial charge in [-0.05, 0) is 25.7 Å². The van der Waals surface area contributed by atoms with Crippen molar-refractivity contribution in [2.24, 2.45) is 5.92 Å². The first-order valence-electron chi connectivity index (χ1n) is 6.09. The van der Waals surface area contributed by atoms with Crippen LogP contribution in [0.15, 0.2) is 12.3 Å². The topological polar surface area (TPSA) is 67.4 Å². The average Bonchev–Trinajstić information content (AvgIpc) is 2.80. The largest absolute Gasteiger partial charge is 0.465 e. The SMILES string of the molecule is CCOC(=O)CNC(=O)N/C=C/C1CCCC1. The van der Waals surface area contributed by atoms with Crippen LogP contribution in [0.25, 0.3) is 0 Å². The van der Waals surface area contributed by atoms with Gasteiger partial charge in [0.1, 0.15) is 6.54 Å². The van der Waals surface area contributed by atoms with Crippen LogP contribution in [0, 0.1) is 5.92 Å². The standard InChI is InChI=1S/C12H20N2O3/c1-2-17-11(15)9-14-12(16)13-8-7-10-5-3-4-6-10/h7-8,10H,2-6,9H2,1H3,(H2,13,14,16)/b8-7+. The highest BCUT2D eigenvalue weighted by atomic mass is 16.5. The van der Waals surface area contributed by atoms with Crippen molar-refractivity contribution in [2.45, 2.75) is 32.6 Å². The van der Waals surface area contributed by atoms with Gasteiger partial charge in [0, 0.05) is 6.20 Å². The van der Waals surface area contributed by atoms with Crippen molar-refractivity contribution >= 4 is 12.0 Å². The normalized spacial score (nSPS) is 16.1. The van der Waals surface area contributed by atoms with E-state index >= 15 is 0 Å². The Bertz CT molecular complexity index is 283. The summed E-state index contributed by atoms with van der Waals surface area (Å²) >= 11 is 0. The van der Waals surface area contributed by atoms with Gasteiger partial charge in [0.15, 0.2) is 0 Å². The quantitative estimate of drug-likeness (QED) is 0.716.